The summed E-state index contributed by atoms with van der Waals surface area (Å²) < 4.78 is 17.0. The quantitative estimate of drug-likeness (QED) is 0.589. The lowest BCUT2D eigenvalue weighted by Gasteiger charge is -2.25. The van der Waals surface area contributed by atoms with Crippen LogP contribution in [0.25, 0.3) is 0 Å². The predicted octanol–water partition coefficient (Wildman–Crippen LogP) is 4.83. The largest absolute Gasteiger partial charge is 0.382 e. The first-order valence-corrected chi connectivity index (χ1v) is 8.99. The summed E-state index contributed by atoms with van der Waals surface area (Å²) in [6, 6.07) is 15.6. The number of hydrogen-bond donors (Lipinski definition) is 0. The molecule has 0 aliphatic carbocycles. The second kappa shape index (κ2) is 10.8. The van der Waals surface area contributed by atoms with E-state index in [1.165, 1.54) is 0 Å². The summed E-state index contributed by atoms with van der Waals surface area (Å²) in [5.41, 5.74) is 2.08. The van der Waals surface area contributed by atoms with Gasteiger partial charge < -0.3 is 14.2 Å². The fourth-order valence-electron chi connectivity index (χ4n) is 2.76. The third-order valence-corrected chi connectivity index (χ3v) is 4.64. The van der Waals surface area contributed by atoms with Gasteiger partial charge in [0, 0.05) is 37.1 Å². The Morgan fingerprint density at radius 2 is 1.12 bits per heavy atom. The van der Waals surface area contributed by atoms with Crippen molar-refractivity contribution in [2.45, 2.75) is 25.0 Å². The minimum Gasteiger partial charge on any atom is -0.382 e. The van der Waals surface area contributed by atoms with Gasteiger partial charge in [-0.3, -0.25) is 0 Å². The van der Waals surface area contributed by atoms with Crippen molar-refractivity contribution in [1.29, 1.82) is 0 Å². The summed E-state index contributed by atoms with van der Waals surface area (Å²) in [4.78, 5) is 0. The molecule has 2 aromatic rings. The number of ether oxygens (including phenoxy) is 3. The Morgan fingerprint density at radius 1 is 0.720 bits per heavy atom. The van der Waals surface area contributed by atoms with Crippen molar-refractivity contribution in [2.24, 2.45) is 0 Å². The predicted molar refractivity (Wildman–Crippen MR) is 103 cm³/mol. The summed E-state index contributed by atoms with van der Waals surface area (Å²) in [6.07, 6.45) is 1.12. The molecule has 25 heavy (non-hydrogen) atoms. The van der Waals surface area contributed by atoms with Crippen molar-refractivity contribution < 1.29 is 14.2 Å². The van der Waals surface area contributed by atoms with Gasteiger partial charge in [-0.2, -0.15) is 0 Å². The molecule has 0 fully saturated rings. The SMILES string of the molecule is COCC(Cc1ccccc1Cl)OC(COC)Cc1ccccc1Cl. The van der Waals surface area contributed by atoms with Gasteiger partial charge >= 0.3 is 0 Å². The molecular weight excluding hydrogens is 359 g/mol. The molecule has 2 unspecified atom stereocenters. The van der Waals surface area contributed by atoms with Crippen molar-refractivity contribution in [3.63, 3.8) is 0 Å². The Labute approximate surface area is 159 Å². The van der Waals surface area contributed by atoms with Gasteiger partial charge in [-0.15, -0.1) is 0 Å². The highest BCUT2D eigenvalue weighted by Gasteiger charge is 2.20. The Balaban J connectivity index is 2.07. The molecule has 0 heterocycles. The molecule has 0 N–H and O–H groups in total. The Morgan fingerprint density at radius 3 is 1.48 bits per heavy atom. The normalized spacial score (nSPS) is 13.6. The van der Waals surface area contributed by atoms with Gasteiger partial charge in [-0.1, -0.05) is 59.6 Å². The highest BCUT2D eigenvalue weighted by molar-refractivity contribution is 6.31. The van der Waals surface area contributed by atoms with Crippen LogP contribution in [-0.4, -0.2) is 39.6 Å². The molecule has 0 saturated carbocycles. The highest BCUT2D eigenvalue weighted by atomic mass is 35.5. The molecule has 2 aromatic carbocycles. The summed E-state index contributed by atoms with van der Waals surface area (Å²) in [5.74, 6) is 0. The molecule has 2 atom stereocenters. The van der Waals surface area contributed by atoms with E-state index in [0.29, 0.717) is 26.1 Å². The lowest BCUT2D eigenvalue weighted by Crippen LogP contribution is -2.32. The average molecular weight is 383 g/mol. The number of methoxy groups -OCH3 is 2. The monoisotopic (exact) mass is 382 g/mol. The molecule has 0 bridgehead atoms. The number of halogens is 2. The first kappa shape index (κ1) is 20.2. The van der Waals surface area contributed by atoms with E-state index in [2.05, 4.69) is 0 Å². The topological polar surface area (TPSA) is 27.7 Å². The van der Waals surface area contributed by atoms with Crippen LogP contribution in [0.5, 0.6) is 0 Å². The van der Waals surface area contributed by atoms with Crippen LogP contribution in [0.4, 0.5) is 0 Å². The van der Waals surface area contributed by atoms with Gasteiger partial charge in [0.05, 0.1) is 25.4 Å². The molecule has 0 spiro atoms. The second-order valence-electron chi connectivity index (χ2n) is 5.88. The average Bonchev–Trinajstić information content (AvgIpc) is 2.59. The second-order valence-corrected chi connectivity index (χ2v) is 6.70. The molecule has 3 nitrogen and oxygen atoms in total. The molecule has 0 amide bonds. The van der Waals surface area contributed by atoms with Crippen molar-refractivity contribution in [3.8, 4) is 0 Å². The number of hydrogen-bond acceptors (Lipinski definition) is 3. The zero-order valence-electron chi connectivity index (χ0n) is 14.6. The van der Waals surface area contributed by atoms with Crippen molar-refractivity contribution in [2.75, 3.05) is 27.4 Å². The summed E-state index contributed by atoms with van der Waals surface area (Å²) in [6.45, 7) is 0.960. The van der Waals surface area contributed by atoms with Gasteiger partial charge in [0.15, 0.2) is 0 Å². The standard InChI is InChI=1S/C20H24Cl2O3/c1-23-13-17(11-15-7-3-5-9-19(15)21)25-18(14-24-2)12-16-8-4-6-10-20(16)22/h3-10,17-18H,11-14H2,1-2H3. The van der Waals surface area contributed by atoms with Crippen LogP contribution < -0.4 is 0 Å². The molecule has 0 aliphatic heterocycles. The van der Waals surface area contributed by atoms with E-state index in [1.54, 1.807) is 14.2 Å². The molecular formula is C20H24Cl2O3. The Kier molecular flexibility index (Phi) is 8.73. The maximum atomic E-state index is 6.28. The molecule has 0 saturated heterocycles. The smallest absolute Gasteiger partial charge is 0.0854 e. The van der Waals surface area contributed by atoms with E-state index in [0.717, 1.165) is 21.2 Å². The van der Waals surface area contributed by atoms with Gasteiger partial charge in [0.2, 0.25) is 0 Å². The van der Waals surface area contributed by atoms with E-state index >= 15 is 0 Å². The zero-order valence-corrected chi connectivity index (χ0v) is 16.1. The van der Waals surface area contributed by atoms with Gasteiger partial charge in [0.1, 0.15) is 0 Å². The van der Waals surface area contributed by atoms with Crippen molar-refractivity contribution >= 4 is 23.2 Å². The van der Waals surface area contributed by atoms with Crippen LogP contribution in [-0.2, 0) is 27.1 Å². The third kappa shape index (κ3) is 6.61. The first-order chi connectivity index (χ1) is 12.1. The van der Waals surface area contributed by atoms with Gasteiger partial charge in [-0.05, 0) is 23.3 Å². The van der Waals surface area contributed by atoms with E-state index in [4.69, 9.17) is 37.4 Å². The van der Waals surface area contributed by atoms with E-state index in [1.807, 2.05) is 48.5 Å². The minimum absolute atomic E-state index is 0.118. The minimum atomic E-state index is -0.118. The zero-order chi connectivity index (χ0) is 18.1. The molecule has 0 radical (unpaired) electrons. The number of rotatable bonds is 10. The van der Waals surface area contributed by atoms with Crippen molar-refractivity contribution in [1.82, 2.24) is 0 Å². The fourth-order valence-corrected chi connectivity index (χ4v) is 3.18. The van der Waals surface area contributed by atoms with Crippen LogP contribution in [0, 0.1) is 0 Å². The van der Waals surface area contributed by atoms with Crippen LogP contribution in [0.3, 0.4) is 0 Å². The molecule has 136 valence electrons. The van der Waals surface area contributed by atoms with Gasteiger partial charge in [-0.25, -0.2) is 0 Å². The van der Waals surface area contributed by atoms with Crippen LogP contribution >= 0.6 is 23.2 Å². The maximum Gasteiger partial charge on any atom is 0.0854 e. The van der Waals surface area contributed by atoms with Crippen molar-refractivity contribution in [3.05, 3.63) is 69.7 Å². The van der Waals surface area contributed by atoms with Crippen LogP contribution in [0.1, 0.15) is 11.1 Å². The fraction of sp³-hybridized carbons (Fsp3) is 0.400. The lowest BCUT2D eigenvalue weighted by molar-refractivity contribution is -0.0722. The summed E-state index contributed by atoms with van der Waals surface area (Å²) in [7, 11) is 3.34. The lowest BCUT2D eigenvalue weighted by atomic mass is 10.1. The summed E-state index contributed by atoms with van der Waals surface area (Å²) >= 11 is 12.6. The van der Waals surface area contributed by atoms with Crippen LogP contribution in [0.15, 0.2) is 48.5 Å². The highest BCUT2D eigenvalue weighted by Crippen LogP contribution is 2.21. The Hall–Kier alpha value is -1.10. The maximum absolute atomic E-state index is 6.28. The third-order valence-electron chi connectivity index (χ3n) is 3.90. The molecule has 5 heteroatoms. The number of benzene rings is 2. The molecule has 2 rings (SSSR count). The van der Waals surface area contributed by atoms with E-state index in [-0.39, 0.29) is 12.2 Å². The molecule has 0 aliphatic rings. The van der Waals surface area contributed by atoms with E-state index < -0.39 is 0 Å². The molecule has 0 aromatic heterocycles. The van der Waals surface area contributed by atoms with E-state index in [9.17, 15) is 0 Å². The van der Waals surface area contributed by atoms with Crippen LogP contribution in [0.2, 0.25) is 10.0 Å². The summed E-state index contributed by atoms with van der Waals surface area (Å²) in [5, 5.41) is 1.48. The first-order valence-electron chi connectivity index (χ1n) is 8.24. The Bertz CT molecular complexity index is 593. The van der Waals surface area contributed by atoms with Gasteiger partial charge in [0.25, 0.3) is 0 Å².